The highest BCUT2D eigenvalue weighted by molar-refractivity contribution is 6.05. The Morgan fingerprint density at radius 2 is 1.96 bits per heavy atom. The molecule has 3 aromatic rings. The highest BCUT2D eigenvalue weighted by atomic mass is 16.5. The third kappa shape index (κ3) is 2.72. The molecule has 1 aliphatic heterocycles. The van der Waals surface area contributed by atoms with Crippen molar-refractivity contribution in [2.45, 2.75) is 19.4 Å². The van der Waals surface area contributed by atoms with Gasteiger partial charge in [-0.15, -0.1) is 0 Å². The summed E-state index contributed by atoms with van der Waals surface area (Å²) in [6.45, 7) is 8.76. The minimum absolute atomic E-state index is 0.00701. The number of ether oxygens (including phenoxy) is 1. The molecule has 6 nitrogen and oxygen atoms in total. The van der Waals surface area contributed by atoms with Crippen molar-refractivity contribution < 1.29 is 9.15 Å². The van der Waals surface area contributed by atoms with Gasteiger partial charge in [0, 0.05) is 30.6 Å². The summed E-state index contributed by atoms with van der Waals surface area (Å²) in [5.74, 6) is 0.748. The molecule has 24 heavy (non-hydrogen) atoms. The van der Waals surface area contributed by atoms with Crippen LogP contribution < -0.4 is 5.32 Å². The maximum atomic E-state index is 5.97. The molecule has 6 heteroatoms. The van der Waals surface area contributed by atoms with E-state index < -0.39 is 0 Å². The van der Waals surface area contributed by atoms with Crippen LogP contribution in [0.4, 0.5) is 5.82 Å². The van der Waals surface area contributed by atoms with Gasteiger partial charge >= 0.3 is 0 Å². The molecule has 1 fully saturated rings. The van der Waals surface area contributed by atoms with Gasteiger partial charge < -0.3 is 14.5 Å². The van der Waals surface area contributed by atoms with Crippen LogP contribution >= 0.6 is 0 Å². The highest BCUT2D eigenvalue weighted by Crippen LogP contribution is 2.30. The number of furan rings is 1. The number of anilines is 1. The number of hydrogen-bond acceptors (Lipinski definition) is 6. The van der Waals surface area contributed by atoms with Gasteiger partial charge in [-0.05, 0) is 26.0 Å². The lowest BCUT2D eigenvalue weighted by Crippen LogP contribution is -2.53. The molecule has 2 aromatic heterocycles. The lowest BCUT2D eigenvalue weighted by Gasteiger charge is -2.40. The molecule has 1 N–H and O–H groups in total. The zero-order valence-electron chi connectivity index (χ0n) is 14.1. The second kappa shape index (κ2) is 6.03. The van der Waals surface area contributed by atoms with Crippen LogP contribution in [0.5, 0.6) is 0 Å². The van der Waals surface area contributed by atoms with Gasteiger partial charge in [0.05, 0.1) is 13.2 Å². The smallest absolute Gasteiger partial charge is 0.196 e. The van der Waals surface area contributed by atoms with Crippen LogP contribution in [0.15, 0.2) is 35.0 Å². The Hall–Kier alpha value is -2.18. The summed E-state index contributed by atoms with van der Waals surface area (Å²) in [7, 11) is 0. The van der Waals surface area contributed by atoms with Gasteiger partial charge in [0.2, 0.25) is 0 Å². The van der Waals surface area contributed by atoms with E-state index in [4.69, 9.17) is 9.15 Å². The minimum Gasteiger partial charge on any atom is -0.450 e. The molecule has 3 heterocycles. The summed E-state index contributed by atoms with van der Waals surface area (Å²) in [5, 5.41) is 4.48. The van der Waals surface area contributed by atoms with Crippen molar-refractivity contribution in [1.82, 2.24) is 14.9 Å². The van der Waals surface area contributed by atoms with Crippen LogP contribution in [0.1, 0.15) is 13.8 Å². The van der Waals surface area contributed by atoms with Crippen molar-refractivity contribution in [2.24, 2.45) is 0 Å². The number of nitrogens with one attached hydrogen (secondary N) is 1. The van der Waals surface area contributed by atoms with E-state index in [0.717, 1.165) is 60.7 Å². The summed E-state index contributed by atoms with van der Waals surface area (Å²) < 4.78 is 11.4. The lowest BCUT2D eigenvalue weighted by atomic mass is 10.0. The van der Waals surface area contributed by atoms with Gasteiger partial charge in [-0.3, -0.25) is 4.90 Å². The van der Waals surface area contributed by atoms with Gasteiger partial charge in [-0.2, -0.15) is 0 Å². The van der Waals surface area contributed by atoms with Gasteiger partial charge in [0.1, 0.15) is 17.4 Å². The molecule has 0 radical (unpaired) electrons. The van der Waals surface area contributed by atoms with Crippen molar-refractivity contribution in [3.05, 3.63) is 30.6 Å². The first-order valence-corrected chi connectivity index (χ1v) is 8.34. The van der Waals surface area contributed by atoms with E-state index in [-0.39, 0.29) is 5.54 Å². The van der Waals surface area contributed by atoms with Gasteiger partial charge in [-0.25, -0.2) is 9.97 Å². The van der Waals surface area contributed by atoms with Crippen LogP contribution in [-0.4, -0.2) is 53.3 Å². The predicted molar refractivity (Wildman–Crippen MR) is 94.3 cm³/mol. The van der Waals surface area contributed by atoms with Gasteiger partial charge in [-0.1, -0.05) is 12.1 Å². The second-order valence-corrected chi connectivity index (χ2v) is 6.76. The monoisotopic (exact) mass is 326 g/mol. The van der Waals surface area contributed by atoms with E-state index in [2.05, 4.69) is 34.0 Å². The van der Waals surface area contributed by atoms with E-state index in [9.17, 15) is 0 Å². The normalized spacial score (nSPS) is 16.8. The molecule has 0 amide bonds. The molecule has 4 rings (SSSR count). The van der Waals surface area contributed by atoms with Crippen LogP contribution in [0.3, 0.4) is 0 Å². The maximum Gasteiger partial charge on any atom is 0.196 e. The lowest BCUT2D eigenvalue weighted by molar-refractivity contribution is -0.00570. The molecule has 126 valence electrons. The zero-order valence-corrected chi connectivity index (χ0v) is 14.1. The zero-order chi connectivity index (χ0) is 16.6. The Morgan fingerprint density at radius 1 is 1.17 bits per heavy atom. The average molecular weight is 326 g/mol. The second-order valence-electron chi connectivity index (χ2n) is 6.76. The van der Waals surface area contributed by atoms with Crippen LogP contribution in [0, 0.1) is 0 Å². The maximum absolute atomic E-state index is 5.97. The van der Waals surface area contributed by atoms with Crippen molar-refractivity contribution in [1.29, 1.82) is 0 Å². The summed E-state index contributed by atoms with van der Waals surface area (Å²) in [5.41, 5.74) is 2.42. The number of rotatable bonds is 4. The van der Waals surface area contributed by atoms with Crippen molar-refractivity contribution in [2.75, 3.05) is 38.2 Å². The first-order chi connectivity index (χ1) is 11.6. The number of hydrogen-bond donors (Lipinski definition) is 1. The summed E-state index contributed by atoms with van der Waals surface area (Å²) in [6, 6.07) is 7.94. The first kappa shape index (κ1) is 15.4. The fourth-order valence-corrected chi connectivity index (χ4v) is 3.23. The molecule has 0 saturated carbocycles. The molecule has 0 unspecified atom stereocenters. The van der Waals surface area contributed by atoms with Crippen LogP contribution in [0.2, 0.25) is 0 Å². The van der Waals surface area contributed by atoms with Crippen LogP contribution in [-0.2, 0) is 4.74 Å². The standard InChI is InChI=1S/C18H22N4O2/c1-18(2,22-7-9-23-10-8-22)11-19-17-16-15(20-12-21-17)13-5-3-4-6-14(13)24-16/h3-6,12H,7-11H2,1-2H3,(H,19,20,21). The molecule has 0 spiro atoms. The largest absolute Gasteiger partial charge is 0.450 e. The Morgan fingerprint density at radius 3 is 2.79 bits per heavy atom. The number of aromatic nitrogens is 2. The molecule has 0 atom stereocenters. The molecule has 0 aliphatic carbocycles. The van der Waals surface area contributed by atoms with Crippen molar-refractivity contribution >= 4 is 27.9 Å². The first-order valence-electron chi connectivity index (χ1n) is 8.34. The molecular formula is C18H22N4O2. The molecular weight excluding hydrogens is 304 g/mol. The summed E-state index contributed by atoms with van der Waals surface area (Å²) in [6.07, 6.45) is 1.59. The Bertz CT molecular complexity index is 852. The SMILES string of the molecule is CC(C)(CNc1ncnc2c1oc1ccccc12)N1CCOCC1. The van der Waals surface area contributed by atoms with Crippen molar-refractivity contribution in [3.8, 4) is 0 Å². The fourth-order valence-electron chi connectivity index (χ4n) is 3.23. The number of benzene rings is 1. The van der Waals surface area contributed by atoms with E-state index in [1.807, 2.05) is 24.3 Å². The Kier molecular flexibility index (Phi) is 3.86. The number of fused-ring (bicyclic) bond motifs is 3. The van der Waals surface area contributed by atoms with E-state index in [1.54, 1.807) is 6.33 Å². The van der Waals surface area contributed by atoms with E-state index in [0.29, 0.717) is 0 Å². The van der Waals surface area contributed by atoms with Gasteiger partial charge in [0.25, 0.3) is 0 Å². The van der Waals surface area contributed by atoms with Gasteiger partial charge in [0.15, 0.2) is 11.4 Å². The Balaban J connectivity index is 1.60. The predicted octanol–water partition coefficient (Wildman–Crippen LogP) is 2.90. The average Bonchev–Trinajstić information content (AvgIpc) is 3.00. The van der Waals surface area contributed by atoms with Crippen molar-refractivity contribution in [3.63, 3.8) is 0 Å². The van der Waals surface area contributed by atoms with E-state index >= 15 is 0 Å². The van der Waals surface area contributed by atoms with E-state index in [1.165, 1.54) is 0 Å². The number of para-hydroxylation sites is 1. The Labute approximate surface area is 140 Å². The quantitative estimate of drug-likeness (QED) is 0.795. The van der Waals surface area contributed by atoms with Crippen LogP contribution in [0.25, 0.3) is 22.1 Å². The highest BCUT2D eigenvalue weighted by Gasteiger charge is 2.28. The topological polar surface area (TPSA) is 63.4 Å². The summed E-state index contributed by atoms with van der Waals surface area (Å²) >= 11 is 0. The fraction of sp³-hybridized carbons (Fsp3) is 0.444. The number of nitrogens with zero attached hydrogens (tertiary/aromatic N) is 3. The number of morpholine rings is 1. The minimum atomic E-state index is 0.00701. The summed E-state index contributed by atoms with van der Waals surface area (Å²) in [4.78, 5) is 11.2. The third-order valence-corrected chi connectivity index (χ3v) is 4.71. The molecule has 1 aliphatic rings. The third-order valence-electron chi connectivity index (χ3n) is 4.71. The molecule has 1 aromatic carbocycles. The molecule has 1 saturated heterocycles. The molecule has 0 bridgehead atoms.